The van der Waals surface area contributed by atoms with E-state index in [0.29, 0.717) is 25.2 Å². The Bertz CT molecular complexity index is 620. The van der Waals surface area contributed by atoms with Gasteiger partial charge in [-0.25, -0.2) is 0 Å². The van der Waals surface area contributed by atoms with Crippen LogP contribution in [0, 0.1) is 18.3 Å². The van der Waals surface area contributed by atoms with Gasteiger partial charge in [-0.15, -0.1) is 12.4 Å². The first kappa shape index (κ1) is 21.5. The lowest BCUT2D eigenvalue weighted by Gasteiger charge is -2.28. The van der Waals surface area contributed by atoms with Crippen LogP contribution in [0.25, 0.3) is 0 Å². The number of amides is 2. The zero-order valence-corrected chi connectivity index (χ0v) is 16.4. The molecule has 1 aliphatic heterocycles. The quantitative estimate of drug-likeness (QED) is 0.838. The Morgan fingerprint density at radius 3 is 2.56 bits per heavy atom. The van der Waals surface area contributed by atoms with Gasteiger partial charge in [-0.3, -0.25) is 9.59 Å². The van der Waals surface area contributed by atoms with Crippen LogP contribution in [0.4, 0.5) is 0 Å². The van der Waals surface area contributed by atoms with E-state index >= 15 is 0 Å². The van der Waals surface area contributed by atoms with Crippen LogP contribution < -0.4 is 11.1 Å². The summed E-state index contributed by atoms with van der Waals surface area (Å²) >= 11 is 0. The molecule has 1 fully saturated rings. The lowest BCUT2D eigenvalue weighted by atomic mass is 9.90. The molecule has 2 atom stereocenters. The molecular formula is C19H30ClN3O2. The second-order valence-electron chi connectivity index (χ2n) is 7.59. The van der Waals surface area contributed by atoms with Crippen molar-refractivity contribution in [3.05, 3.63) is 35.4 Å². The maximum Gasteiger partial charge on any atom is 0.251 e. The minimum absolute atomic E-state index is 0. The smallest absolute Gasteiger partial charge is 0.251 e. The first-order chi connectivity index (χ1) is 11.3. The number of likely N-dealkylation sites (tertiary alicyclic amines) is 1. The summed E-state index contributed by atoms with van der Waals surface area (Å²) in [6.45, 7) is 9.89. The number of nitrogens with one attached hydrogen (secondary N) is 1. The predicted octanol–water partition coefficient (Wildman–Crippen LogP) is 2.37. The number of nitrogens with two attached hydrogens (primary N) is 1. The molecule has 0 saturated carbocycles. The molecule has 5 nitrogen and oxygen atoms in total. The Labute approximate surface area is 156 Å². The van der Waals surface area contributed by atoms with Crippen molar-refractivity contribution in [3.8, 4) is 0 Å². The fourth-order valence-corrected chi connectivity index (χ4v) is 3.10. The highest BCUT2D eigenvalue weighted by Gasteiger charge is 2.38. The van der Waals surface area contributed by atoms with Gasteiger partial charge in [0.2, 0.25) is 5.91 Å². The van der Waals surface area contributed by atoms with Crippen molar-refractivity contribution in [2.45, 2.75) is 40.2 Å². The monoisotopic (exact) mass is 367 g/mol. The van der Waals surface area contributed by atoms with Crippen LogP contribution in [0.3, 0.4) is 0 Å². The summed E-state index contributed by atoms with van der Waals surface area (Å²) in [4.78, 5) is 27.2. The van der Waals surface area contributed by atoms with Gasteiger partial charge in [-0.05, 0) is 43.4 Å². The number of rotatable bonds is 5. The molecule has 1 aromatic carbocycles. The number of carbonyl (C=O) groups is 2. The fraction of sp³-hybridized carbons (Fsp3) is 0.579. The molecule has 140 valence electrons. The van der Waals surface area contributed by atoms with Crippen LogP contribution in [0.5, 0.6) is 0 Å². The summed E-state index contributed by atoms with van der Waals surface area (Å²) in [5.74, 6) is -0.189. The summed E-state index contributed by atoms with van der Waals surface area (Å²) in [6, 6.07) is 6.88. The zero-order chi connectivity index (χ0) is 17.9. The molecule has 1 aromatic rings. The first-order valence-corrected chi connectivity index (χ1v) is 8.62. The van der Waals surface area contributed by atoms with Gasteiger partial charge in [0, 0.05) is 18.7 Å². The second-order valence-corrected chi connectivity index (χ2v) is 7.59. The van der Waals surface area contributed by atoms with Crippen LogP contribution in [0.2, 0.25) is 0 Å². The average molecular weight is 368 g/mol. The molecule has 3 N–H and O–H groups in total. The number of halogens is 1. The van der Waals surface area contributed by atoms with Gasteiger partial charge in [-0.2, -0.15) is 0 Å². The number of hydrogen-bond acceptors (Lipinski definition) is 3. The number of aryl methyl sites for hydroxylation is 1. The van der Waals surface area contributed by atoms with Crippen molar-refractivity contribution < 1.29 is 9.59 Å². The van der Waals surface area contributed by atoms with Gasteiger partial charge in [0.05, 0.1) is 0 Å². The van der Waals surface area contributed by atoms with Crippen molar-refractivity contribution in [2.75, 3.05) is 19.6 Å². The topological polar surface area (TPSA) is 75.4 Å². The summed E-state index contributed by atoms with van der Waals surface area (Å²) in [5, 5.41) is 2.92. The number of hydrogen-bond donors (Lipinski definition) is 2. The average Bonchev–Trinajstić information content (AvgIpc) is 2.94. The summed E-state index contributed by atoms with van der Waals surface area (Å²) in [7, 11) is 0. The van der Waals surface area contributed by atoms with E-state index in [1.807, 2.05) is 43.9 Å². The van der Waals surface area contributed by atoms with Gasteiger partial charge in [0.25, 0.3) is 5.91 Å². The molecule has 2 unspecified atom stereocenters. The van der Waals surface area contributed by atoms with Crippen molar-refractivity contribution >= 4 is 24.2 Å². The van der Waals surface area contributed by atoms with Crippen LogP contribution in [-0.4, -0.2) is 42.4 Å². The molecule has 6 heteroatoms. The van der Waals surface area contributed by atoms with E-state index in [9.17, 15) is 9.59 Å². The van der Waals surface area contributed by atoms with Gasteiger partial charge < -0.3 is 16.0 Å². The van der Waals surface area contributed by atoms with E-state index in [1.165, 1.54) is 0 Å². The minimum Gasteiger partial charge on any atom is -0.340 e. The van der Waals surface area contributed by atoms with E-state index in [4.69, 9.17) is 5.73 Å². The molecule has 1 heterocycles. The van der Waals surface area contributed by atoms with E-state index in [2.05, 4.69) is 12.2 Å². The van der Waals surface area contributed by atoms with E-state index in [1.54, 1.807) is 6.07 Å². The minimum atomic E-state index is -0.516. The Hall–Kier alpha value is -1.59. The van der Waals surface area contributed by atoms with Crippen molar-refractivity contribution in [1.82, 2.24) is 10.2 Å². The van der Waals surface area contributed by atoms with Crippen molar-refractivity contribution in [3.63, 3.8) is 0 Å². The normalized spacial score (nSPS) is 21.0. The van der Waals surface area contributed by atoms with E-state index < -0.39 is 6.04 Å². The van der Waals surface area contributed by atoms with Gasteiger partial charge in [0.1, 0.15) is 6.04 Å². The standard InChI is InChI=1S/C19H29N3O2.ClH/c1-13(2)16(18(24)22-9-8-19(4,11-20)12-22)21-17(23)15-7-5-6-14(3)10-15;/h5-7,10,13,16H,8-9,11-12,20H2,1-4H3,(H,21,23);1H. The highest BCUT2D eigenvalue weighted by molar-refractivity contribution is 5.97. The van der Waals surface area contributed by atoms with E-state index in [-0.39, 0.29) is 35.6 Å². The van der Waals surface area contributed by atoms with Crippen LogP contribution in [0.15, 0.2) is 24.3 Å². The van der Waals surface area contributed by atoms with Gasteiger partial charge in [-0.1, -0.05) is 38.5 Å². The summed E-state index contributed by atoms with van der Waals surface area (Å²) in [5.41, 5.74) is 7.42. The molecule has 1 aliphatic rings. The Balaban J connectivity index is 0.00000312. The first-order valence-electron chi connectivity index (χ1n) is 8.62. The third-order valence-electron chi connectivity index (χ3n) is 4.86. The Morgan fingerprint density at radius 1 is 1.36 bits per heavy atom. The Morgan fingerprint density at radius 2 is 2.04 bits per heavy atom. The molecule has 0 bridgehead atoms. The SMILES string of the molecule is Cc1cccc(C(=O)NC(C(=O)N2CCC(C)(CN)C2)C(C)C)c1.Cl. The lowest BCUT2D eigenvalue weighted by Crippen LogP contribution is -2.51. The molecular weight excluding hydrogens is 338 g/mol. The highest BCUT2D eigenvalue weighted by Crippen LogP contribution is 2.29. The predicted molar refractivity (Wildman–Crippen MR) is 103 cm³/mol. The van der Waals surface area contributed by atoms with E-state index in [0.717, 1.165) is 12.0 Å². The van der Waals surface area contributed by atoms with Gasteiger partial charge >= 0.3 is 0 Å². The van der Waals surface area contributed by atoms with Crippen molar-refractivity contribution in [1.29, 1.82) is 0 Å². The molecule has 0 spiro atoms. The molecule has 2 amide bonds. The third kappa shape index (κ3) is 5.19. The highest BCUT2D eigenvalue weighted by atomic mass is 35.5. The fourth-order valence-electron chi connectivity index (χ4n) is 3.10. The summed E-state index contributed by atoms with van der Waals surface area (Å²) < 4.78 is 0. The number of carbonyl (C=O) groups excluding carboxylic acids is 2. The lowest BCUT2D eigenvalue weighted by molar-refractivity contribution is -0.133. The van der Waals surface area contributed by atoms with Crippen LogP contribution in [0.1, 0.15) is 43.1 Å². The molecule has 0 aromatic heterocycles. The summed E-state index contributed by atoms with van der Waals surface area (Å²) in [6.07, 6.45) is 0.909. The largest absolute Gasteiger partial charge is 0.340 e. The molecule has 0 radical (unpaired) electrons. The number of benzene rings is 1. The molecule has 0 aliphatic carbocycles. The van der Waals surface area contributed by atoms with Crippen LogP contribution >= 0.6 is 12.4 Å². The molecule has 2 rings (SSSR count). The van der Waals surface area contributed by atoms with Crippen LogP contribution in [-0.2, 0) is 4.79 Å². The maximum absolute atomic E-state index is 12.9. The maximum atomic E-state index is 12.9. The van der Waals surface area contributed by atoms with Crippen molar-refractivity contribution in [2.24, 2.45) is 17.1 Å². The second kappa shape index (κ2) is 8.68. The Kier molecular flexibility index (Phi) is 7.44. The zero-order valence-electron chi connectivity index (χ0n) is 15.5. The molecule has 25 heavy (non-hydrogen) atoms. The third-order valence-corrected chi connectivity index (χ3v) is 4.86. The van der Waals surface area contributed by atoms with Gasteiger partial charge in [0.15, 0.2) is 0 Å². The molecule has 1 saturated heterocycles. The number of nitrogens with zero attached hydrogens (tertiary/aromatic N) is 1.